The lowest BCUT2D eigenvalue weighted by Gasteiger charge is -2.34. The molecule has 78 valence electrons. The van der Waals surface area contributed by atoms with Crippen molar-refractivity contribution < 1.29 is 21.9 Å². The molecule has 0 amide bonds. The van der Waals surface area contributed by atoms with E-state index in [9.17, 15) is 21.9 Å². The lowest BCUT2D eigenvalue weighted by atomic mass is 9.99. The van der Waals surface area contributed by atoms with Crippen LogP contribution < -0.4 is 0 Å². The van der Waals surface area contributed by atoms with Crippen LogP contribution in [0.2, 0.25) is 0 Å². The lowest BCUT2D eigenvalue weighted by molar-refractivity contribution is -0.182. The zero-order valence-electron chi connectivity index (χ0n) is 6.71. The fourth-order valence-corrected chi connectivity index (χ4v) is 1.92. The second kappa shape index (κ2) is 3.93. The van der Waals surface area contributed by atoms with Crippen molar-refractivity contribution in [3.63, 3.8) is 0 Å². The van der Waals surface area contributed by atoms with Gasteiger partial charge in [0.2, 0.25) is 0 Å². The number of halogens is 3. The van der Waals surface area contributed by atoms with Gasteiger partial charge in [-0.2, -0.15) is 13.2 Å². The Morgan fingerprint density at radius 2 is 2.08 bits per heavy atom. The summed E-state index contributed by atoms with van der Waals surface area (Å²) >= 11 is -2.52. The summed E-state index contributed by atoms with van der Waals surface area (Å²) in [7, 11) is 0. The van der Waals surface area contributed by atoms with E-state index in [0.717, 1.165) is 4.31 Å². The Bertz CT molecular complexity index is 209. The van der Waals surface area contributed by atoms with Crippen LogP contribution >= 0.6 is 0 Å². The van der Waals surface area contributed by atoms with E-state index in [2.05, 4.69) is 0 Å². The van der Waals surface area contributed by atoms with Crippen molar-refractivity contribution in [3.05, 3.63) is 0 Å². The highest BCUT2D eigenvalue weighted by Gasteiger charge is 2.41. The van der Waals surface area contributed by atoms with Crippen LogP contribution in [-0.2, 0) is 11.3 Å². The van der Waals surface area contributed by atoms with Crippen molar-refractivity contribution in [2.75, 3.05) is 13.1 Å². The van der Waals surface area contributed by atoms with E-state index in [0.29, 0.717) is 0 Å². The molecule has 2 atom stereocenters. The Morgan fingerprint density at radius 3 is 2.54 bits per heavy atom. The molecular weight excluding hydrogens is 207 g/mol. The Balaban J connectivity index is 2.57. The maximum absolute atomic E-state index is 12.2. The van der Waals surface area contributed by atoms with Gasteiger partial charge in [0.25, 0.3) is 0 Å². The molecule has 1 heterocycles. The molecule has 7 heteroatoms. The topological polar surface area (TPSA) is 43.4 Å². The summed E-state index contributed by atoms with van der Waals surface area (Å²) in [6, 6.07) is 0. The highest BCUT2D eigenvalue weighted by atomic mass is 32.2. The molecule has 13 heavy (non-hydrogen) atoms. The summed E-state index contributed by atoms with van der Waals surface area (Å²) in [5, 5.41) is 0. The Kier molecular flexibility index (Phi) is 3.31. The zero-order chi connectivity index (χ0) is 10.1. The van der Waals surface area contributed by atoms with Crippen molar-refractivity contribution in [3.8, 4) is 0 Å². The van der Waals surface area contributed by atoms with E-state index in [4.69, 9.17) is 0 Å². The molecule has 2 unspecified atom stereocenters. The smallest absolute Gasteiger partial charge is 0.393 e. The van der Waals surface area contributed by atoms with Crippen LogP contribution in [0.25, 0.3) is 0 Å². The molecule has 1 rings (SSSR count). The van der Waals surface area contributed by atoms with Crippen molar-refractivity contribution in [2.45, 2.75) is 19.0 Å². The van der Waals surface area contributed by atoms with Gasteiger partial charge in [0.1, 0.15) is 0 Å². The van der Waals surface area contributed by atoms with Crippen molar-refractivity contribution in [1.29, 1.82) is 0 Å². The van der Waals surface area contributed by atoms with Gasteiger partial charge >= 0.3 is 6.18 Å². The minimum atomic E-state index is -4.28. The maximum Gasteiger partial charge on any atom is 0.393 e. The number of hydrogen-bond donors (Lipinski definition) is 0. The first-order valence-electron chi connectivity index (χ1n) is 3.82. The monoisotopic (exact) mass is 216 g/mol. The minimum absolute atomic E-state index is 0.0250. The molecule has 1 saturated heterocycles. The highest BCUT2D eigenvalue weighted by molar-refractivity contribution is 7.76. The first-order chi connectivity index (χ1) is 5.91. The van der Waals surface area contributed by atoms with Gasteiger partial charge in [-0.15, -0.1) is 0 Å². The fraction of sp³-hybridized carbons (Fsp3) is 1.00. The largest absolute Gasteiger partial charge is 0.760 e. The quantitative estimate of drug-likeness (QED) is 0.615. The van der Waals surface area contributed by atoms with E-state index < -0.39 is 29.9 Å². The fourth-order valence-electron chi connectivity index (χ4n) is 1.34. The molecule has 3 nitrogen and oxygen atoms in total. The minimum Gasteiger partial charge on any atom is -0.760 e. The van der Waals surface area contributed by atoms with Gasteiger partial charge < -0.3 is 4.55 Å². The second-order valence-corrected chi connectivity index (χ2v) is 3.94. The van der Waals surface area contributed by atoms with Gasteiger partial charge in [-0.3, -0.25) is 4.21 Å². The SMILES string of the molecule is O=S([O-])N1CCCC(C(F)(F)F)C1. The molecule has 0 spiro atoms. The number of hydrogen-bond acceptors (Lipinski definition) is 2. The van der Waals surface area contributed by atoms with Crippen molar-refractivity contribution in [2.24, 2.45) is 5.92 Å². The van der Waals surface area contributed by atoms with Gasteiger partial charge in [0.05, 0.1) is 5.92 Å². The summed E-state index contributed by atoms with van der Waals surface area (Å²) in [4.78, 5) is 0. The average molecular weight is 216 g/mol. The molecule has 0 aromatic carbocycles. The molecule has 0 saturated carbocycles. The second-order valence-electron chi connectivity index (χ2n) is 2.99. The van der Waals surface area contributed by atoms with Gasteiger partial charge in [-0.25, -0.2) is 4.31 Å². The molecule has 1 fully saturated rings. The van der Waals surface area contributed by atoms with Gasteiger partial charge in [-0.05, 0) is 12.8 Å². The van der Waals surface area contributed by atoms with E-state index in [1.165, 1.54) is 0 Å². The van der Waals surface area contributed by atoms with Crippen LogP contribution in [0.5, 0.6) is 0 Å². The van der Waals surface area contributed by atoms with E-state index >= 15 is 0 Å². The van der Waals surface area contributed by atoms with E-state index in [1.807, 2.05) is 0 Å². The van der Waals surface area contributed by atoms with Crippen molar-refractivity contribution in [1.82, 2.24) is 4.31 Å². The van der Waals surface area contributed by atoms with Gasteiger partial charge in [-0.1, -0.05) is 0 Å². The van der Waals surface area contributed by atoms with Crippen LogP contribution in [0.4, 0.5) is 13.2 Å². The molecule has 1 aliphatic rings. The van der Waals surface area contributed by atoms with Crippen LogP contribution in [0.15, 0.2) is 0 Å². The average Bonchev–Trinajstić information content (AvgIpc) is 2.03. The number of nitrogens with zero attached hydrogens (tertiary/aromatic N) is 1. The molecule has 0 aliphatic carbocycles. The predicted molar refractivity (Wildman–Crippen MR) is 39.3 cm³/mol. The third kappa shape index (κ3) is 2.92. The number of rotatable bonds is 1. The third-order valence-corrected chi connectivity index (χ3v) is 2.81. The number of piperidine rings is 1. The standard InChI is InChI=1S/C6H10F3NO2S/c7-6(8,9)5-2-1-3-10(4-5)13(11)12/h5H,1-4H2,(H,11,12)/p-1. The molecule has 0 radical (unpaired) electrons. The lowest BCUT2D eigenvalue weighted by Crippen LogP contribution is -2.42. The van der Waals surface area contributed by atoms with Crippen LogP contribution in [-0.4, -0.2) is 32.3 Å². The summed E-state index contributed by atoms with van der Waals surface area (Å²) in [6.45, 7) is -0.234. The predicted octanol–water partition coefficient (Wildman–Crippen LogP) is 1.05. The van der Waals surface area contributed by atoms with Crippen LogP contribution in [0.3, 0.4) is 0 Å². The molecule has 0 bridgehead atoms. The zero-order valence-corrected chi connectivity index (χ0v) is 7.53. The van der Waals surface area contributed by atoms with Crippen LogP contribution in [0.1, 0.15) is 12.8 Å². The van der Waals surface area contributed by atoms with E-state index in [-0.39, 0.29) is 19.4 Å². The summed E-state index contributed by atoms with van der Waals surface area (Å²) in [5.41, 5.74) is 0. The summed E-state index contributed by atoms with van der Waals surface area (Å²) < 4.78 is 58.0. The van der Waals surface area contributed by atoms with E-state index in [1.54, 1.807) is 0 Å². The highest BCUT2D eigenvalue weighted by Crippen LogP contribution is 2.33. The molecular formula is C6H9F3NO2S-. The molecule has 0 aromatic rings. The molecule has 0 N–H and O–H groups in total. The first-order valence-corrected chi connectivity index (χ1v) is 4.85. The maximum atomic E-state index is 12.2. The van der Waals surface area contributed by atoms with Crippen molar-refractivity contribution >= 4 is 11.3 Å². The Hall–Kier alpha value is -0.140. The first kappa shape index (κ1) is 10.9. The van der Waals surface area contributed by atoms with Crippen LogP contribution in [0, 0.1) is 5.92 Å². The number of alkyl halides is 3. The molecule has 0 aromatic heterocycles. The van der Waals surface area contributed by atoms with Gasteiger partial charge in [0, 0.05) is 24.4 Å². The summed E-state index contributed by atoms with van der Waals surface area (Å²) in [6.07, 6.45) is -3.98. The van der Waals surface area contributed by atoms with Gasteiger partial charge in [0.15, 0.2) is 0 Å². The summed E-state index contributed by atoms with van der Waals surface area (Å²) in [5.74, 6) is -1.50. The Labute approximate surface area is 76.3 Å². The Morgan fingerprint density at radius 1 is 1.46 bits per heavy atom. The third-order valence-electron chi connectivity index (χ3n) is 2.06. The normalized spacial score (nSPS) is 28.8. The molecule has 1 aliphatic heterocycles.